The zero-order valence-electron chi connectivity index (χ0n) is 20.2. The highest BCUT2D eigenvalue weighted by atomic mass is 16.5. The number of phenols is 1. The van der Waals surface area contributed by atoms with Crippen LogP contribution in [-0.4, -0.2) is 37.7 Å². The number of para-hydroxylation sites is 1. The summed E-state index contributed by atoms with van der Waals surface area (Å²) < 4.78 is 9.21. The van der Waals surface area contributed by atoms with Crippen LogP contribution in [0.2, 0.25) is 0 Å². The topological polar surface area (TPSA) is 113 Å². The number of benzene rings is 2. The van der Waals surface area contributed by atoms with Crippen LogP contribution in [-0.2, 0) is 16.1 Å². The van der Waals surface area contributed by atoms with Gasteiger partial charge in [-0.1, -0.05) is 24.3 Å². The standard InChI is InChI=1S/C28H23N3O6/c1-15-12-23(33)20-14-21-18(24(25(20)26(15)34)19-13-17(37-2)8-9-22(19)32)10-11-29-27(35)30(28(36)31(21)29)16-6-4-3-5-7-16/h3-10,12-13,21,24,32H,11,14H2,1-2H3/t21-,24-/m1/s1. The summed E-state index contributed by atoms with van der Waals surface area (Å²) in [6, 6.07) is 12.7. The van der Waals surface area contributed by atoms with Crippen molar-refractivity contribution >= 4 is 11.6 Å². The van der Waals surface area contributed by atoms with Gasteiger partial charge in [0, 0.05) is 34.6 Å². The molecule has 37 heavy (non-hydrogen) atoms. The quantitative estimate of drug-likeness (QED) is 0.440. The zero-order valence-corrected chi connectivity index (χ0v) is 20.2. The molecule has 9 nitrogen and oxygen atoms in total. The van der Waals surface area contributed by atoms with Crippen molar-refractivity contribution in [2.45, 2.75) is 31.8 Å². The Kier molecular flexibility index (Phi) is 5.04. The molecule has 6 rings (SSSR count). The van der Waals surface area contributed by atoms with Crippen molar-refractivity contribution in [1.29, 1.82) is 0 Å². The zero-order chi connectivity index (χ0) is 26.0. The fraction of sp³-hybridized carbons (Fsp3) is 0.214. The normalized spacial score (nSPS) is 20.6. The van der Waals surface area contributed by atoms with Gasteiger partial charge in [0.2, 0.25) is 0 Å². The highest BCUT2D eigenvalue weighted by Gasteiger charge is 2.45. The fourth-order valence-electron chi connectivity index (χ4n) is 5.68. The molecule has 0 bridgehead atoms. The highest BCUT2D eigenvalue weighted by molar-refractivity contribution is 6.23. The molecular formula is C28H23N3O6. The monoisotopic (exact) mass is 497 g/mol. The maximum Gasteiger partial charge on any atom is 0.352 e. The second-order valence-corrected chi connectivity index (χ2v) is 9.36. The molecule has 1 aliphatic heterocycles. The number of fused-ring (bicyclic) bond motifs is 3. The minimum absolute atomic E-state index is 0.0659. The number of ketones is 2. The number of aromatic hydroxyl groups is 1. The van der Waals surface area contributed by atoms with Crippen molar-refractivity contribution in [2.75, 3.05) is 7.11 Å². The van der Waals surface area contributed by atoms with E-state index in [0.717, 1.165) is 4.57 Å². The van der Waals surface area contributed by atoms with Crippen molar-refractivity contribution in [2.24, 2.45) is 0 Å². The largest absolute Gasteiger partial charge is 0.508 e. The van der Waals surface area contributed by atoms with Gasteiger partial charge in [0.05, 0.1) is 25.4 Å². The third kappa shape index (κ3) is 3.23. The molecule has 0 amide bonds. The minimum atomic E-state index is -0.792. The van der Waals surface area contributed by atoms with Crippen LogP contribution in [0.5, 0.6) is 11.5 Å². The molecule has 0 fully saturated rings. The lowest BCUT2D eigenvalue weighted by atomic mass is 9.67. The molecule has 2 aromatic carbocycles. The van der Waals surface area contributed by atoms with Gasteiger partial charge in [-0.25, -0.2) is 23.5 Å². The summed E-state index contributed by atoms with van der Waals surface area (Å²) in [5.74, 6) is -0.977. The van der Waals surface area contributed by atoms with Gasteiger partial charge in [-0.3, -0.25) is 9.59 Å². The van der Waals surface area contributed by atoms with Gasteiger partial charge in [-0.2, -0.15) is 0 Å². The summed E-state index contributed by atoms with van der Waals surface area (Å²) in [4.78, 5) is 53.6. The number of ether oxygens (including phenoxy) is 1. The first kappa shape index (κ1) is 22.8. The number of phenolic OH excluding ortho intramolecular Hbond substituents is 1. The molecule has 1 N–H and O–H groups in total. The Balaban J connectivity index is 1.61. The van der Waals surface area contributed by atoms with E-state index in [-0.39, 0.29) is 35.9 Å². The van der Waals surface area contributed by atoms with E-state index >= 15 is 0 Å². The maximum atomic E-state index is 13.7. The van der Waals surface area contributed by atoms with Crippen LogP contribution in [0.25, 0.3) is 5.69 Å². The lowest BCUT2D eigenvalue weighted by Crippen LogP contribution is -2.40. The molecule has 2 heterocycles. The summed E-state index contributed by atoms with van der Waals surface area (Å²) in [6.07, 6.45) is 3.21. The van der Waals surface area contributed by atoms with Gasteiger partial charge in [0.15, 0.2) is 11.6 Å². The number of carbonyl (C=O) groups excluding carboxylic acids is 2. The molecule has 186 valence electrons. The SMILES string of the molecule is COc1ccc(O)c([C@H]2C3=CCn4c(=O)n(-c5ccccc5)c(=O)n4[C@@H]3CC3=C2C(=O)C(C)=CC3=O)c1. The number of nitrogens with zero attached hydrogens (tertiary/aromatic N) is 3. The molecule has 2 atom stereocenters. The molecule has 0 saturated heterocycles. The molecule has 2 aliphatic carbocycles. The minimum Gasteiger partial charge on any atom is -0.508 e. The number of allylic oxidation sites excluding steroid dienone is 6. The maximum absolute atomic E-state index is 13.7. The predicted octanol–water partition coefficient (Wildman–Crippen LogP) is 2.58. The van der Waals surface area contributed by atoms with Crippen LogP contribution in [0.1, 0.15) is 30.9 Å². The number of hydrogen-bond donors (Lipinski definition) is 1. The molecule has 0 radical (unpaired) electrons. The van der Waals surface area contributed by atoms with Crippen molar-refractivity contribution < 1.29 is 19.4 Å². The van der Waals surface area contributed by atoms with Gasteiger partial charge in [-0.05, 0) is 48.9 Å². The Morgan fingerprint density at radius 1 is 1.00 bits per heavy atom. The van der Waals surface area contributed by atoms with Crippen LogP contribution in [0.4, 0.5) is 0 Å². The molecule has 1 aromatic heterocycles. The Labute approximate surface area is 210 Å². The van der Waals surface area contributed by atoms with E-state index in [1.54, 1.807) is 49.4 Å². The Morgan fingerprint density at radius 2 is 1.76 bits per heavy atom. The van der Waals surface area contributed by atoms with E-state index < -0.39 is 23.3 Å². The van der Waals surface area contributed by atoms with Crippen molar-refractivity contribution in [3.8, 4) is 17.2 Å². The molecule has 0 spiro atoms. The summed E-state index contributed by atoms with van der Waals surface area (Å²) in [5.41, 5.74) is 1.37. The lowest BCUT2D eigenvalue weighted by molar-refractivity contribution is -0.116. The average molecular weight is 498 g/mol. The van der Waals surface area contributed by atoms with Gasteiger partial charge in [-0.15, -0.1) is 0 Å². The number of Topliss-reactive ketones (excluding diaryl/α,β-unsaturated/α-hetero) is 1. The van der Waals surface area contributed by atoms with Crippen LogP contribution < -0.4 is 16.1 Å². The van der Waals surface area contributed by atoms with E-state index in [1.807, 2.05) is 6.08 Å². The number of carbonyl (C=O) groups is 2. The van der Waals surface area contributed by atoms with Crippen molar-refractivity contribution in [3.05, 3.63) is 110 Å². The van der Waals surface area contributed by atoms with Crippen LogP contribution >= 0.6 is 0 Å². The summed E-state index contributed by atoms with van der Waals surface area (Å²) in [5, 5.41) is 10.9. The van der Waals surface area contributed by atoms with Crippen LogP contribution in [0, 0.1) is 0 Å². The van der Waals surface area contributed by atoms with Crippen LogP contribution in [0.3, 0.4) is 0 Å². The van der Waals surface area contributed by atoms with Gasteiger partial charge < -0.3 is 9.84 Å². The number of hydrogen-bond acceptors (Lipinski definition) is 6. The molecule has 0 unspecified atom stereocenters. The Bertz CT molecular complexity index is 1710. The second kappa shape index (κ2) is 8.19. The summed E-state index contributed by atoms with van der Waals surface area (Å²) >= 11 is 0. The molecule has 3 aromatic rings. The Hall–Kier alpha value is -4.66. The van der Waals surface area contributed by atoms with E-state index in [1.165, 1.54) is 28.6 Å². The molecular weight excluding hydrogens is 474 g/mol. The summed E-state index contributed by atoms with van der Waals surface area (Å²) in [7, 11) is 1.50. The molecule has 3 aliphatic rings. The first-order chi connectivity index (χ1) is 17.8. The van der Waals surface area contributed by atoms with Crippen molar-refractivity contribution in [3.63, 3.8) is 0 Å². The average Bonchev–Trinajstić information content (AvgIpc) is 3.16. The third-order valence-corrected chi connectivity index (χ3v) is 7.39. The lowest BCUT2D eigenvalue weighted by Gasteiger charge is -2.39. The van der Waals surface area contributed by atoms with Gasteiger partial charge >= 0.3 is 11.4 Å². The van der Waals surface area contributed by atoms with Crippen LogP contribution in [0.15, 0.2) is 92.6 Å². The van der Waals surface area contributed by atoms with E-state index in [4.69, 9.17) is 4.74 Å². The number of rotatable bonds is 3. The number of methoxy groups -OCH3 is 1. The molecule has 0 saturated carbocycles. The van der Waals surface area contributed by atoms with E-state index in [2.05, 4.69) is 0 Å². The molecule has 9 heteroatoms. The smallest absolute Gasteiger partial charge is 0.352 e. The van der Waals surface area contributed by atoms with Gasteiger partial charge in [0.25, 0.3) is 0 Å². The number of aromatic nitrogens is 3. The second-order valence-electron chi connectivity index (χ2n) is 9.36. The first-order valence-electron chi connectivity index (χ1n) is 11.9. The predicted molar refractivity (Wildman–Crippen MR) is 134 cm³/mol. The van der Waals surface area contributed by atoms with E-state index in [0.29, 0.717) is 33.7 Å². The fourth-order valence-corrected chi connectivity index (χ4v) is 5.68. The van der Waals surface area contributed by atoms with Gasteiger partial charge in [0.1, 0.15) is 11.5 Å². The Morgan fingerprint density at radius 3 is 2.49 bits per heavy atom. The van der Waals surface area contributed by atoms with E-state index in [9.17, 15) is 24.3 Å². The van der Waals surface area contributed by atoms with Crippen molar-refractivity contribution in [1.82, 2.24) is 13.9 Å². The highest BCUT2D eigenvalue weighted by Crippen LogP contribution is 2.51. The first-order valence-corrected chi connectivity index (χ1v) is 11.9. The third-order valence-electron chi connectivity index (χ3n) is 7.39. The summed E-state index contributed by atoms with van der Waals surface area (Å²) in [6.45, 7) is 1.69.